The molecule has 22 heavy (non-hydrogen) atoms. The zero-order valence-electron chi connectivity index (χ0n) is 12.3. The van der Waals surface area contributed by atoms with Gasteiger partial charge in [0.15, 0.2) is 11.6 Å². The molecule has 0 radical (unpaired) electrons. The number of hydrogen-bond donors (Lipinski definition) is 2. The van der Waals surface area contributed by atoms with Gasteiger partial charge in [0.2, 0.25) is 0 Å². The lowest BCUT2D eigenvalue weighted by Crippen LogP contribution is -2.06. The fraction of sp³-hybridized carbons (Fsp3) is 0.294. The maximum absolute atomic E-state index is 13.9. The molecule has 0 aliphatic heterocycles. The van der Waals surface area contributed by atoms with E-state index in [0.29, 0.717) is 31.9 Å². The van der Waals surface area contributed by atoms with Crippen LogP contribution in [0.1, 0.15) is 12.0 Å². The van der Waals surface area contributed by atoms with Crippen LogP contribution in [-0.4, -0.2) is 24.9 Å². The van der Waals surface area contributed by atoms with Crippen molar-refractivity contribution in [2.24, 2.45) is 5.73 Å². The minimum atomic E-state index is -0.457. The van der Waals surface area contributed by atoms with Crippen LogP contribution in [0.2, 0.25) is 0 Å². The quantitative estimate of drug-likeness (QED) is 0.736. The van der Waals surface area contributed by atoms with Gasteiger partial charge in [0.25, 0.3) is 0 Å². The number of phenols is 1. The topological polar surface area (TPSA) is 64.7 Å². The van der Waals surface area contributed by atoms with Gasteiger partial charge >= 0.3 is 0 Å². The van der Waals surface area contributed by atoms with Crippen LogP contribution in [0, 0.1) is 5.82 Å². The third-order valence-corrected chi connectivity index (χ3v) is 3.08. The highest BCUT2D eigenvalue weighted by atomic mass is 19.1. The molecule has 5 heteroatoms. The largest absolute Gasteiger partial charge is 0.508 e. The molecule has 0 atom stereocenters. The Morgan fingerprint density at radius 1 is 1.05 bits per heavy atom. The molecule has 2 aromatic rings. The van der Waals surface area contributed by atoms with Crippen molar-refractivity contribution in [2.45, 2.75) is 12.8 Å². The summed E-state index contributed by atoms with van der Waals surface area (Å²) in [5.41, 5.74) is 6.30. The summed E-state index contributed by atoms with van der Waals surface area (Å²) in [6.45, 7) is 1.33. The maximum atomic E-state index is 13.9. The van der Waals surface area contributed by atoms with E-state index in [1.165, 1.54) is 6.07 Å². The van der Waals surface area contributed by atoms with Gasteiger partial charge in [-0.1, -0.05) is 12.1 Å². The van der Waals surface area contributed by atoms with E-state index in [9.17, 15) is 9.50 Å². The van der Waals surface area contributed by atoms with Crippen molar-refractivity contribution in [3.8, 4) is 17.2 Å². The number of nitrogens with two attached hydrogens (primary N) is 1. The van der Waals surface area contributed by atoms with E-state index in [4.69, 9.17) is 15.2 Å². The van der Waals surface area contributed by atoms with Crippen LogP contribution < -0.4 is 15.2 Å². The van der Waals surface area contributed by atoms with Gasteiger partial charge in [-0.25, -0.2) is 4.39 Å². The van der Waals surface area contributed by atoms with Gasteiger partial charge in [-0.05, 0) is 42.8 Å². The summed E-state index contributed by atoms with van der Waals surface area (Å²) < 4.78 is 24.7. The molecule has 118 valence electrons. The fourth-order valence-electron chi connectivity index (χ4n) is 1.95. The molecular formula is C17H20FNO3. The van der Waals surface area contributed by atoms with E-state index in [0.717, 1.165) is 12.0 Å². The Balaban J connectivity index is 1.85. The van der Waals surface area contributed by atoms with Gasteiger partial charge in [0.05, 0.1) is 13.2 Å². The van der Waals surface area contributed by atoms with Crippen LogP contribution in [0.3, 0.4) is 0 Å². The minimum Gasteiger partial charge on any atom is -0.508 e. The molecule has 0 amide bonds. The first-order valence-corrected chi connectivity index (χ1v) is 7.22. The lowest BCUT2D eigenvalue weighted by Gasteiger charge is -2.10. The zero-order valence-corrected chi connectivity index (χ0v) is 12.3. The van der Waals surface area contributed by atoms with Crippen molar-refractivity contribution < 1.29 is 19.0 Å². The van der Waals surface area contributed by atoms with Crippen LogP contribution in [0.25, 0.3) is 0 Å². The van der Waals surface area contributed by atoms with Crippen molar-refractivity contribution in [2.75, 3.05) is 19.8 Å². The van der Waals surface area contributed by atoms with Crippen molar-refractivity contribution in [3.05, 3.63) is 53.8 Å². The highest BCUT2D eigenvalue weighted by Gasteiger charge is 2.06. The molecule has 0 heterocycles. The first-order valence-electron chi connectivity index (χ1n) is 7.22. The SMILES string of the molecule is NCCCOc1ccc(OCCc2cccc(O)c2)c(F)c1. The van der Waals surface area contributed by atoms with Gasteiger partial charge in [-0.3, -0.25) is 0 Å². The van der Waals surface area contributed by atoms with E-state index in [1.807, 2.05) is 6.07 Å². The van der Waals surface area contributed by atoms with Crippen molar-refractivity contribution in [1.29, 1.82) is 0 Å². The standard InChI is InChI=1S/C17H20FNO3/c18-16-12-15(21-9-2-8-19)5-6-17(16)22-10-7-13-3-1-4-14(20)11-13/h1,3-6,11-12,20H,2,7-10,19H2. The lowest BCUT2D eigenvalue weighted by atomic mass is 10.1. The number of hydrogen-bond acceptors (Lipinski definition) is 4. The molecule has 0 aliphatic rings. The summed E-state index contributed by atoms with van der Waals surface area (Å²) in [6, 6.07) is 11.4. The second-order valence-corrected chi connectivity index (χ2v) is 4.85. The van der Waals surface area contributed by atoms with Gasteiger partial charge in [-0.2, -0.15) is 0 Å². The highest BCUT2D eigenvalue weighted by molar-refractivity contribution is 5.33. The molecule has 0 spiro atoms. The Kier molecular flexibility index (Phi) is 6.03. The first kappa shape index (κ1) is 16.1. The summed E-state index contributed by atoms with van der Waals surface area (Å²) >= 11 is 0. The van der Waals surface area contributed by atoms with Crippen LogP contribution in [0.4, 0.5) is 4.39 Å². The summed E-state index contributed by atoms with van der Waals surface area (Å²) in [4.78, 5) is 0. The van der Waals surface area contributed by atoms with Crippen LogP contribution in [-0.2, 0) is 6.42 Å². The van der Waals surface area contributed by atoms with E-state index < -0.39 is 5.82 Å². The molecule has 0 saturated heterocycles. The number of phenolic OH excluding ortho intramolecular Hbond substituents is 1. The van der Waals surface area contributed by atoms with E-state index in [1.54, 1.807) is 30.3 Å². The number of aromatic hydroxyl groups is 1. The van der Waals surface area contributed by atoms with Crippen LogP contribution >= 0.6 is 0 Å². The molecular weight excluding hydrogens is 285 g/mol. The molecule has 3 N–H and O–H groups in total. The summed E-state index contributed by atoms with van der Waals surface area (Å²) in [7, 11) is 0. The third-order valence-electron chi connectivity index (χ3n) is 3.08. The number of benzene rings is 2. The minimum absolute atomic E-state index is 0.186. The lowest BCUT2D eigenvalue weighted by molar-refractivity contribution is 0.295. The molecule has 0 unspecified atom stereocenters. The monoisotopic (exact) mass is 305 g/mol. The number of halogens is 1. The van der Waals surface area contributed by atoms with Gasteiger partial charge < -0.3 is 20.3 Å². The molecule has 0 saturated carbocycles. The molecule has 0 aliphatic carbocycles. The van der Waals surface area contributed by atoms with Gasteiger partial charge in [0, 0.05) is 12.5 Å². The average molecular weight is 305 g/mol. The van der Waals surface area contributed by atoms with Gasteiger partial charge in [0.1, 0.15) is 11.5 Å². The predicted octanol–water partition coefficient (Wildman–Crippen LogP) is 2.88. The van der Waals surface area contributed by atoms with E-state index in [-0.39, 0.29) is 11.5 Å². The predicted molar refractivity (Wildman–Crippen MR) is 82.9 cm³/mol. The average Bonchev–Trinajstić information content (AvgIpc) is 2.50. The van der Waals surface area contributed by atoms with E-state index >= 15 is 0 Å². The second kappa shape index (κ2) is 8.24. The van der Waals surface area contributed by atoms with Crippen molar-refractivity contribution in [1.82, 2.24) is 0 Å². The van der Waals surface area contributed by atoms with Crippen LogP contribution in [0.5, 0.6) is 17.2 Å². The Hall–Kier alpha value is -2.27. The first-order chi connectivity index (χ1) is 10.7. The Bertz CT molecular complexity index is 604. The number of ether oxygens (including phenoxy) is 2. The molecule has 0 fully saturated rings. The Morgan fingerprint density at radius 3 is 2.64 bits per heavy atom. The Labute approximate surface area is 129 Å². The van der Waals surface area contributed by atoms with Crippen molar-refractivity contribution in [3.63, 3.8) is 0 Å². The number of rotatable bonds is 8. The normalized spacial score (nSPS) is 10.5. The fourth-order valence-corrected chi connectivity index (χ4v) is 1.95. The smallest absolute Gasteiger partial charge is 0.168 e. The van der Waals surface area contributed by atoms with Gasteiger partial charge in [-0.15, -0.1) is 0 Å². The Morgan fingerprint density at radius 2 is 1.91 bits per heavy atom. The zero-order chi connectivity index (χ0) is 15.8. The highest BCUT2D eigenvalue weighted by Crippen LogP contribution is 2.23. The summed E-state index contributed by atoms with van der Waals surface area (Å²) in [6.07, 6.45) is 1.31. The summed E-state index contributed by atoms with van der Waals surface area (Å²) in [5.74, 6) is 0.404. The molecule has 0 aromatic heterocycles. The third kappa shape index (κ3) is 4.93. The van der Waals surface area contributed by atoms with Crippen molar-refractivity contribution >= 4 is 0 Å². The summed E-state index contributed by atoms with van der Waals surface area (Å²) in [5, 5.41) is 9.37. The molecule has 4 nitrogen and oxygen atoms in total. The maximum Gasteiger partial charge on any atom is 0.168 e. The molecule has 0 bridgehead atoms. The molecule has 2 rings (SSSR count). The molecule has 2 aromatic carbocycles. The second-order valence-electron chi connectivity index (χ2n) is 4.85. The van der Waals surface area contributed by atoms with E-state index in [2.05, 4.69) is 0 Å². The van der Waals surface area contributed by atoms with Crippen LogP contribution in [0.15, 0.2) is 42.5 Å².